The maximum absolute atomic E-state index is 15.0. The SMILES string of the molecule is [B]C(C)[C@@]([B])(C)C([B])(CC)CC[C@@H](C1CCCCCCCC1)[C@H](CF)C1CCCCCCCC1. The van der Waals surface area contributed by atoms with Crippen molar-refractivity contribution in [2.24, 2.45) is 23.7 Å². The van der Waals surface area contributed by atoms with Gasteiger partial charge in [0.25, 0.3) is 0 Å². The fourth-order valence-electron chi connectivity index (χ4n) is 7.28. The van der Waals surface area contributed by atoms with E-state index in [0.717, 1.165) is 19.3 Å². The quantitative estimate of drug-likeness (QED) is 0.281. The molecular formula is C30H54B3F. The molecule has 2 rings (SSSR count). The first kappa shape index (κ1) is 30.3. The van der Waals surface area contributed by atoms with E-state index in [1.807, 2.05) is 13.8 Å². The van der Waals surface area contributed by atoms with Crippen LogP contribution >= 0.6 is 0 Å². The molecule has 2 fully saturated rings. The van der Waals surface area contributed by atoms with Crippen molar-refractivity contribution in [3.8, 4) is 0 Å². The number of halogens is 1. The van der Waals surface area contributed by atoms with Crippen LogP contribution in [-0.4, -0.2) is 30.2 Å². The molecule has 0 nitrogen and oxygen atoms in total. The third kappa shape index (κ3) is 8.61. The highest BCUT2D eigenvalue weighted by Crippen LogP contribution is 2.60. The molecule has 0 aliphatic heterocycles. The summed E-state index contributed by atoms with van der Waals surface area (Å²) in [5.41, 5.74) is 0. The van der Waals surface area contributed by atoms with Crippen LogP contribution in [0.5, 0.6) is 0 Å². The lowest BCUT2D eigenvalue weighted by Gasteiger charge is -2.50. The first-order valence-corrected chi connectivity index (χ1v) is 15.2. The van der Waals surface area contributed by atoms with Gasteiger partial charge in [-0.1, -0.05) is 159 Å². The van der Waals surface area contributed by atoms with E-state index in [1.54, 1.807) is 0 Å². The zero-order chi connectivity index (χ0) is 25.0. The molecule has 190 valence electrons. The summed E-state index contributed by atoms with van der Waals surface area (Å²) in [5, 5.41) is -1.15. The highest BCUT2D eigenvalue weighted by atomic mass is 19.1. The number of rotatable bonds is 10. The first-order valence-electron chi connectivity index (χ1n) is 15.2. The molecule has 34 heavy (non-hydrogen) atoms. The molecule has 0 N–H and O–H groups in total. The van der Waals surface area contributed by atoms with Crippen molar-refractivity contribution in [3.63, 3.8) is 0 Å². The van der Waals surface area contributed by atoms with Crippen molar-refractivity contribution >= 4 is 23.5 Å². The van der Waals surface area contributed by atoms with Gasteiger partial charge in [-0.2, -0.15) is 0 Å². The fourth-order valence-corrected chi connectivity index (χ4v) is 7.28. The standard InChI is InChI=1S/C30H54B3F/c1-4-30(33,29(3,32)24(2)31)22-21-27(25-17-13-9-5-6-10-14-18-25)28(23-34)26-19-15-11-7-8-12-16-20-26/h24-28H,4-23H2,1-3H3/t24?,27-,28+,29-,30?/m0/s1. The van der Waals surface area contributed by atoms with Gasteiger partial charge in [-0.05, 0) is 23.7 Å². The average Bonchev–Trinajstić information content (AvgIpc) is 3.04. The molecule has 4 heteroatoms. The Morgan fingerprint density at radius 1 is 0.735 bits per heavy atom. The molecule has 0 saturated heterocycles. The molecular weight excluding hydrogens is 412 g/mol. The molecule has 0 aromatic heterocycles. The predicted molar refractivity (Wildman–Crippen MR) is 151 cm³/mol. The lowest BCUT2D eigenvalue weighted by atomic mass is 9.36. The minimum atomic E-state index is -0.631. The van der Waals surface area contributed by atoms with Crippen LogP contribution in [0.3, 0.4) is 0 Å². The second-order valence-corrected chi connectivity index (χ2v) is 12.5. The summed E-state index contributed by atoms with van der Waals surface area (Å²) in [6, 6.07) is 0. The van der Waals surface area contributed by atoms with E-state index in [9.17, 15) is 0 Å². The Balaban J connectivity index is 2.28. The predicted octanol–water partition coefficient (Wildman–Crippen LogP) is 9.53. The highest BCUT2D eigenvalue weighted by Gasteiger charge is 2.42. The van der Waals surface area contributed by atoms with Gasteiger partial charge < -0.3 is 0 Å². The summed E-state index contributed by atoms with van der Waals surface area (Å²) in [7, 11) is 20.1. The van der Waals surface area contributed by atoms with Crippen LogP contribution in [-0.2, 0) is 0 Å². The van der Waals surface area contributed by atoms with Crippen molar-refractivity contribution in [2.45, 2.75) is 159 Å². The van der Waals surface area contributed by atoms with Crippen molar-refractivity contribution in [1.82, 2.24) is 0 Å². The largest absolute Gasteiger partial charge is 0.251 e. The second-order valence-electron chi connectivity index (χ2n) is 12.5. The summed E-state index contributed by atoms with van der Waals surface area (Å²) >= 11 is 0. The highest BCUT2D eigenvalue weighted by molar-refractivity contribution is 6.30. The van der Waals surface area contributed by atoms with Crippen LogP contribution in [0.4, 0.5) is 4.39 Å². The van der Waals surface area contributed by atoms with Crippen molar-refractivity contribution < 1.29 is 4.39 Å². The van der Waals surface area contributed by atoms with Gasteiger partial charge in [-0.3, -0.25) is 4.39 Å². The number of hydrogen-bond acceptors (Lipinski definition) is 0. The maximum Gasteiger partial charge on any atom is 0.0928 e. The van der Waals surface area contributed by atoms with Gasteiger partial charge in [0.2, 0.25) is 0 Å². The first-order chi connectivity index (χ1) is 16.3. The fraction of sp³-hybridized carbons (Fsp3) is 1.00. The van der Waals surface area contributed by atoms with Gasteiger partial charge in [-0.25, -0.2) is 0 Å². The smallest absolute Gasteiger partial charge is 0.0928 e. The van der Waals surface area contributed by atoms with Gasteiger partial charge >= 0.3 is 0 Å². The molecule has 0 aromatic rings. The third-order valence-corrected chi connectivity index (χ3v) is 10.3. The van der Waals surface area contributed by atoms with Crippen LogP contribution in [0.1, 0.15) is 143 Å². The Labute approximate surface area is 217 Å². The van der Waals surface area contributed by atoms with Crippen LogP contribution < -0.4 is 0 Å². The summed E-state index contributed by atoms with van der Waals surface area (Å²) in [6.45, 7) is 5.99. The lowest BCUT2D eigenvalue weighted by Crippen LogP contribution is -2.36. The minimum absolute atomic E-state index is 0.164. The van der Waals surface area contributed by atoms with E-state index in [1.165, 1.54) is 103 Å². The molecule has 6 radical (unpaired) electrons. The zero-order valence-corrected chi connectivity index (χ0v) is 23.1. The summed E-state index contributed by atoms with van der Waals surface area (Å²) in [5.74, 6) is 1.60. The monoisotopic (exact) mass is 466 g/mol. The normalized spacial score (nSPS) is 26.8. The summed E-state index contributed by atoms with van der Waals surface area (Å²) in [6.07, 6.45) is 23.6. The molecule has 0 aromatic carbocycles. The van der Waals surface area contributed by atoms with Crippen LogP contribution in [0.2, 0.25) is 16.4 Å². The van der Waals surface area contributed by atoms with Crippen LogP contribution in [0.25, 0.3) is 0 Å². The van der Waals surface area contributed by atoms with Crippen LogP contribution in [0, 0.1) is 23.7 Å². The Morgan fingerprint density at radius 3 is 1.47 bits per heavy atom. The third-order valence-electron chi connectivity index (χ3n) is 10.3. The molecule has 0 amide bonds. The number of hydrogen-bond donors (Lipinski definition) is 0. The maximum atomic E-state index is 15.0. The molecule has 0 bridgehead atoms. The van der Waals surface area contributed by atoms with E-state index >= 15 is 4.39 Å². The zero-order valence-electron chi connectivity index (χ0n) is 23.1. The Kier molecular flexibility index (Phi) is 13.7. The Hall–Kier alpha value is 0.125. The molecule has 0 spiro atoms. The number of alkyl halides is 1. The van der Waals surface area contributed by atoms with E-state index < -0.39 is 10.6 Å². The molecule has 2 aliphatic rings. The molecule has 0 heterocycles. The van der Waals surface area contributed by atoms with Gasteiger partial charge in [0, 0.05) is 0 Å². The lowest BCUT2D eigenvalue weighted by molar-refractivity contribution is 0.0881. The topological polar surface area (TPSA) is 0 Å². The van der Waals surface area contributed by atoms with Crippen LogP contribution in [0.15, 0.2) is 0 Å². The molecule has 5 atom stereocenters. The van der Waals surface area contributed by atoms with Crippen molar-refractivity contribution in [2.75, 3.05) is 6.67 Å². The average molecular weight is 466 g/mol. The van der Waals surface area contributed by atoms with Gasteiger partial charge in [0.05, 0.1) is 30.2 Å². The molecule has 2 saturated carbocycles. The van der Waals surface area contributed by atoms with E-state index in [-0.39, 0.29) is 18.4 Å². The summed E-state index contributed by atoms with van der Waals surface area (Å²) in [4.78, 5) is 0. The molecule has 2 aliphatic carbocycles. The summed E-state index contributed by atoms with van der Waals surface area (Å²) < 4.78 is 15.0. The van der Waals surface area contributed by atoms with Gasteiger partial charge in [0.1, 0.15) is 0 Å². The minimum Gasteiger partial charge on any atom is -0.251 e. The van der Waals surface area contributed by atoms with Gasteiger partial charge in [0.15, 0.2) is 0 Å². The Bertz CT molecular complexity index is 517. The molecule has 2 unspecified atom stereocenters. The second kappa shape index (κ2) is 15.4. The van der Waals surface area contributed by atoms with Crippen molar-refractivity contribution in [1.29, 1.82) is 0 Å². The van der Waals surface area contributed by atoms with E-state index in [0.29, 0.717) is 17.8 Å². The van der Waals surface area contributed by atoms with E-state index in [2.05, 4.69) is 6.92 Å². The van der Waals surface area contributed by atoms with Crippen molar-refractivity contribution in [3.05, 3.63) is 0 Å². The van der Waals surface area contributed by atoms with Gasteiger partial charge in [-0.15, -0.1) is 0 Å². The Morgan fingerprint density at radius 2 is 1.12 bits per heavy atom. The van der Waals surface area contributed by atoms with E-state index in [4.69, 9.17) is 23.5 Å².